The normalized spacial score (nSPS) is 11.5. The molecule has 0 fully saturated rings. The van der Waals surface area contributed by atoms with E-state index in [1.54, 1.807) is 38.1 Å². The van der Waals surface area contributed by atoms with Gasteiger partial charge in [-0.2, -0.15) is 9.97 Å². The van der Waals surface area contributed by atoms with Gasteiger partial charge in [0, 0.05) is 0 Å². The summed E-state index contributed by atoms with van der Waals surface area (Å²) in [5, 5.41) is 2.69. The van der Waals surface area contributed by atoms with Crippen molar-refractivity contribution in [3.8, 4) is 23.5 Å². The third-order valence-corrected chi connectivity index (χ3v) is 3.85. The zero-order valence-electron chi connectivity index (χ0n) is 16.9. The number of nitrogens with zero attached hydrogens (tertiary/aromatic N) is 2. The first-order valence-electron chi connectivity index (χ1n) is 8.77. The molecule has 0 saturated carbocycles. The summed E-state index contributed by atoms with van der Waals surface area (Å²) in [6, 6.07) is 7.16. The smallest absolute Gasteiger partial charge is 0.328 e. The minimum Gasteiger partial charge on any atom is -0.481 e. The maximum atomic E-state index is 12.8. The first-order valence-corrected chi connectivity index (χ1v) is 8.77. The molecule has 1 aromatic carbocycles. The zero-order chi connectivity index (χ0) is 21.4. The van der Waals surface area contributed by atoms with Crippen LogP contribution in [0.3, 0.4) is 0 Å². The van der Waals surface area contributed by atoms with Crippen LogP contribution < -0.4 is 25.0 Å². The van der Waals surface area contributed by atoms with Gasteiger partial charge in [0.15, 0.2) is 0 Å². The Morgan fingerprint density at radius 1 is 1.00 bits per heavy atom. The average molecular weight is 404 g/mol. The van der Waals surface area contributed by atoms with E-state index >= 15 is 0 Å². The highest BCUT2D eigenvalue weighted by Crippen LogP contribution is 2.26. The quantitative estimate of drug-likeness (QED) is 0.606. The predicted molar refractivity (Wildman–Crippen MR) is 103 cm³/mol. The Balaban J connectivity index is 2.28. The van der Waals surface area contributed by atoms with Gasteiger partial charge in [-0.3, -0.25) is 14.4 Å². The summed E-state index contributed by atoms with van der Waals surface area (Å²) in [5.41, 5.74) is 2.43. The molecule has 29 heavy (non-hydrogen) atoms. The lowest BCUT2D eigenvalue weighted by Gasteiger charge is -2.21. The van der Waals surface area contributed by atoms with Crippen LogP contribution in [0, 0.1) is 5.92 Å². The second kappa shape index (κ2) is 10.2. The number of para-hydroxylation sites is 1. The maximum Gasteiger partial charge on any atom is 0.328 e. The summed E-state index contributed by atoms with van der Waals surface area (Å²) in [7, 11) is 4.22. The number of hydrogen-bond donors (Lipinski definition) is 2. The van der Waals surface area contributed by atoms with Crippen LogP contribution in [0.2, 0.25) is 0 Å². The van der Waals surface area contributed by atoms with Gasteiger partial charge < -0.3 is 19.5 Å². The summed E-state index contributed by atoms with van der Waals surface area (Å²) in [6.45, 7) is 3.61. The van der Waals surface area contributed by atoms with E-state index in [4.69, 9.17) is 14.2 Å². The number of amides is 2. The molecule has 2 N–H and O–H groups in total. The van der Waals surface area contributed by atoms with E-state index in [0.29, 0.717) is 0 Å². The van der Waals surface area contributed by atoms with Crippen LogP contribution in [0.15, 0.2) is 30.3 Å². The Kier molecular flexibility index (Phi) is 7.72. The summed E-state index contributed by atoms with van der Waals surface area (Å²) < 4.78 is 15.9. The molecule has 10 heteroatoms. The molecule has 1 unspecified atom stereocenters. The van der Waals surface area contributed by atoms with Crippen LogP contribution in [-0.2, 0) is 9.63 Å². The number of carbonyl (C=O) groups excluding carboxylic acids is 2. The lowest BCUT2D eigenvalue weighted by atomic mass is 10.0. The minimum absolute atomic E-state index is 0.0565. The van der Waals surface area contributed by atoms with Crippen LogP contribution in [0.4, 0.5) is 0 Å². The topological polar surface area (TPSA) is 121 Å². The van der Waals surface area contributed by atoms with Crippen molar-refractivity contribution in [2.24, 2.45) is 5.92 Å². The number of hydroxylamine groups is 1. The van der Waals surface area contributed by atoms with Gasteiger partial charge in [-0.05, 0) is 18.1 Å². The van der Waals surface area contributed by atoms with Crippen LogP contribution in [-0.4, -0.2) is 49.2 Å². The molecule has 1 aromatic heterocycles. The molecule has 1 heterocycles. The van der Waals surface area contributed by atoms with Crippen molar-refractivity contribution >= 4 is 11.8 Å². The van der Waals surface area contributed by atoms with Gasteiger partial charge in [-0.15, -0.1) is 0 Å². The van der Waals surface area contributed by atoms with Crippen LogP contribution >= 0.6 is 0 Å². The van der Waals surface area contributed by atoms with Gasteiger partial charge >= 0.3 is 6.01 Å². The standard InChI is InChI=1S/C19H24N4O6/c1-11(2)16(18(25)23-28-5)22-17(24)12-8-6-7-9-13(12)29-19-20-14(26-3)10-15(21-19)27-4/h6-11,16H,1-5H3,(H,22,24)(H,23,25). The van der Waals surface area contributed by atoms with E-state index < -0.39 is 17.9 Å². The third kappa shape index (κ3) is 5.79. The van der Waals surface area contributed by atoms with E-state index in [1.165, 1.54) is 27.4 Å². The Hall–Kier alpha value is -3.40. The van der Waals surface area contributed by atoms with Crippen molar-refractivity contribution in [1.82, 2.24) is 20.8 Å². The second-order valence-electron chi connectivity index (χ2n) is 6.20. The van der Waals surface area contributed by atoms with E-state index in [9.17, 15) is 9.59 Å². The minimum atomic E-state index is -0.802. The molecule has 0 aliphatic rings. The number of nitrogens with one attached hydrogen (secondary N) is 2. The van der Waals surface area contributed by atoms with Crippen molar-refractivity contribution in [3.05, 3.63) is 35.9 Å². The van der Waals surface area contributed by atoms with E-state index in [-0.39, 0.29) is 35.0 Å². The fourth-order valence-electron chi connectivity index (χ4n) is 2.40. The number of hydrogen-bond acceptors (Lipinski definition) is 8. The first-order chi connectivity index (χ1) is 13.9. The second-order valence-corrected chi connectivity index (χ2v) is 6.20. The number of methoxy groups -OCH3 is 2. The van der Waals surface area contributed by atoms with E-state index in [1.807, 2.05) is 0 Å². The monoisotopic (exact) mass is 404 g/mol. The average Bonchev–Trinajstić information content (AvgIpc) is 2.71. The SMILES string of the molecule is CONC(=O)C(NC(=O)c1ccccc1Oc1nc(OC)cc(OC)n1)C(C)C. The van der Waals surface area contributed by atoms with Crippen LogP contribution in [0.5, 0.6) is 23.5 Å². The molecule has 0 saturated heterocycles. The predicted octanol–water partition coefficient (Wildman–Crippen LogP) is 1.72. The Labute approximate surface area is 168 Å². The Morgan fingerprint density at radius 3 is 2.17 bits per heavy atom. The molecule has 156 valence electrons. The molecule has 10 nitrogen and oxygen atoms in total. The van der Waals surface area contributed by atoms with Gasteiger partial charge in [0.25, 0.3) is 11.8 Å². The lowest BCUT2D eigenvalue weighted by molar-refractivity contribution is -0.134. The van der Waals surface area contributed by atoms with Crippen molar-refractivity contribution < 1.29 is 28.6 Å². The van der Waals surface area contributed by atoms with Crippen LogP contribution in [0.25, 0.3) is 0 Å². The molecule has 2 aromatic rings. The van der Waals surface area contributed by atoms with Gasteiger partial charge in [0.2, 0.25) is 11.8 Å². The van der Waals surface area contributed by atoms with Crippen LogP contribution in [0.1, 0.15) is 24.2 Å². The summed E-state index contributed by atoms with van der Waals surface area (Å²) in [4.78, 5) is 37.8. The van der Waals surface area contributed by atoms with Crippen molar-refractivity contribution in [2.45, 2.75) is 19.9 Å². The first kappa shape index (κ1) is 21.9. The molecule has 1 atom stereocenters. The number of ether oxygens (including phenoxy) is 3. The molecule has 2 rings (SSSR count). The lowest BCUT2D eigenvalue weighted by Crippen LogP contribution is -2.49. The summed E-state index contributed by atoms with van der Waals surface area (Å²) in [6.07, 6.45) is 0. The fraction of sp³-hybridized carbons (Fsp3) is 0.368. The summed E-state index contributed by atoms with van der Waals surface area (Å²) >= 11 is 0. The Morgan fingerprint density at radius 2 is 1.62 bits per heavy atom. The molecule has 0 radical (unpaired) electrons. The maximum absolute atomic E-state index is 12.8. The largest absolute Gasteiger partial charge is 0.481 e. The molecule has 0 aliphatic heterocycles. The number of rotatable bonds is 9. The van der Waals surface area contributed by atoms with Gasteiger partial charge in [-0.25, -0.2) is 5.48 Å². The van der Waals surface area contributed by atoms with E-state index in [0.717, 1.165) is 0 Å². The van der Waals surface area contributed by atoms with Gasteiger partial charge in [-0.1, -0.05) is 26.0 Å². The highest BCUT2D eigenvalue weighted by atomic mass is 16.6. The van der Waals surface area contributed by atoms with Crippen molar-refractivity contribution in [1.29, 1.82) is 0 Å². The molecular formula is C19H24N4O6. The number of benzene rings is 1. The third-order valence-electron chi connectivity index (χ3n) is 3.85. The van der Waals surface area contributed by atoms with Gasteiger partial charge in [0.05, 0.1) is 33.0 Å². The molecule has 0 bridgehead atoms. The van der Waals surface area contributed by atoms with Crippen molar-refractivity contribution in [2.75, 3.05) is 21.3 Å². The van der Waals surface area contributed by atoms with E-state index in [2.05, 4.69) is 25.6 Å². The van der Waals surface area contributed by atoms with Crippen molar-refractivity contribution in [3.63, 3.8) is 0 Å². The zero-order valence-corrected chi connectivity index (χ0v) is 16.9. The summed E-state index contributed by atoms with van der Waals surface area (Å²) in [5.74, 6) is -0.451. The van der Waals surface area contributed by atoms with Gasteiger partial charge in [0.1, 0.15) is 11.8 Å². The fourth-order valence-corrected chi connectivity index (χ4v) is 2.40. The molecule has 0 aliphatic carbocycles. The highest BCUT2D eigenvalue weighted by molar-refractivity contribution is 5.99. The Bertz CT molecular complexity index is 836. The number of carbonyl (C=O) groups is 2. The number of aromatic nitrogens is 2. The highest BCUT2D eigenvalue weighted by Gasteiger charge is 2.26. The molecule has 2 amide bonds. The molecular weight excluding hydrogens is 380 g/mol. The molecule has 0 spiro atoms.